The molecule has 1 aromatic carbocycles. The lowest BCUT2D eigenvalue weighted by Crippen LogP contribution is -2.15. The number of aromatic nitrogens is 1. The summed E-state index contributed by atoms with van der Waals surface area (Å²) in [6, 6.07) is 6.80. The lowest BCUT2D eigenvalue weighted by molar-refractivity contribution is -0.137. The quantitative estimate of drug-likeness (QED) is 0.790. The second-order valence-electron chi connectivity index (χ2n) is 3.96. The van der Waals surface area contributed by atoms with Gasteiger partial charge in [0.2, 0.25) is 0 Å². The van der Waals surface area contributed by atoms with Crippen molar-refractivity contribution in [3.8, 4) is 11.1 Å². The third-order valence-corrected chi connectivity index (χ3v) is 2.73. The van der Waals surface area contributed by atoms with Crippen LogP contribution in [0.15, 0.2) is 42.7 Å². The van der Waals surface area contributed by atoms with E-state index in [1.54, 1.807) is 0 Å². The summed E-state index contributed by atoms with van der Waals surface area (Å²) < 4.78 is 44.2. The number of benzene rings is 1. The molecule has 2 aromatic rings. The van der Waals surface area contributed by atoms with Gasteiger partial charge in [0.1, 0.15) is 0 Å². The summed E-state index contributed by atoms with van der Waals surface area (Å²) in [4.78, 5) is 15.3. The maximum Gasteiger partial charge on any atom is 0.417 e. The number of halogens is 3. The summed E-state index contributed by atoms with van der Waals surface area (Å²) in [7, 11) is 1.04. The van der Waals surface area contributed by atoms with Crippen LogP contribution in [0.2, 0.25) is 0 Å². The van der Waals surface area contributed by atoms with Crippen molar-refractivity contribution >= 4 is 5.97 Å². The molecule has 1 heterocycles. The topological polar surface area (TPSA) is 39.2 Å². The van der Waals surface area contributed by atoms with Crippen molar-refractivity contribution in [2.75, 3.05) is 7.11 Å². The van der Waals surface area contributed by atoms with Gasteiger partial charge in [0, 0.05) is 18.0 Å². The smallest absolute Gasteiger partial charge is 0.417 e. The van der Waals surface area contributed by atoms with E-state index in [4.69, 9.17) is 0 Å². The van der Waals surface area contributed by atoms with E-state index in [0.717, 1.165) is 13.2 Å². The van der Waals surface area contributed by atoms with Crippen molar-refractivity contribution in [1.82, 2.24) is 4.98 Å². The summed E-state index contributed by atoms with van der Waals surface area (Å²) >= 11 is 0. The molecule has 0 aliphatic heterocycles. The summed E-state index contributed by atoms with van der Waals surface area (Å²) in [5, 5.41) is 0. The number of methoxy groups -OCH3 is 1. The molecule has 2 rings (SSSR count). The molecule has 0 bridgehead atoms. The molecular formula is C14H10F3NO2. The third kappa shape index (κ3) is 2.64. The molecule has 0 radical (unpaired) electrons. The van der Waals surface area contributed by atoms with Gasteiger partial charge in [0.05, 0.1) is 18.2 Å². The number of nitrogens with zero attached hydrogens (tertiary/aromatic N) is 1. The fourth-order valence-corrected chi connectivity index (χ4v) is 1.90. The summed E-state index contributed by atoms with van der Waals surface area (Å²) in [6.45, 7) is 0. The SMILES string of the molecule is COC(=O)c1cccc(-c2cccnc2)c1C(F)(F)F. The first kappa shape index (κ1) is 14.0. The maximum absolute atomic E-state index is 13.3. The van der Waals surface area contributed by atoms with E-state index >= 15 is 0 Å². The molecule has 0 spiro atoms. The monoisotopic (exact) mass is 281 g/mol. The Kier molecular flexibility index (Phi) is 3.74. The summed E-state index contributed by atoms with van der Waals surface area (Å²) in [6.07, 6.45) is -1.90. The number of ether oxygens (including phenoxy) is 1. The van der Waals surface area contributed by atoms with Crippen LogP contribution in [0.25, 0.3) is 11.1 Å². The second-order valence-corrected chi connectivity index (χ2v) is 3.96. The van der Waals surface area contributed by atoms with Gasteiger partial charge >= 0.3 is 12.1 Å². The molecule has 0 N–H and O–H groups in total. The van der Waals surface area contributed by atoms with E-state index in [2.05, 4.69) is 9.72 Å². The highest BCUT2D eigenvalue weighted by Gasteiger charge is 2.38. The first-order valence-electron chi connectivity index (χ1n) is 5.64. The minimum Gasteiger partial charge on any atom is -0.465 e. The Hall–Kier alpha value is -2.37. The van der Waals surface area contributed by atoms with Gasteiger partial charge in [-0.2, -0.15) is 13.2 Å². The normalized spacial score (nSPS) is 11.2. The van der Waals surface area contributed by atoms with Crippen molar-refractivity contribution < 1.29 is 22.7 Å². The van der Waals surface area contributed by atoms with Gasteiger partial charge in [-0.05, 0) is 17.7 Å². The second kappa shape index (κ2) is 5.32. The number of carbonyl (C=O) groups is 1. The van der Waals surface area contributed by atoms with Gasteiger partial charge in [0.15, 0.2) is 0 Å². The minimum absolute atomic E-state index is 0.103. The van der Waals surface area contributed by atoms with E-state index in [0.29, 0.717) is 0 Å². The molecule has 0 saturated carbocycles. The Morgan fingerprint density at radius 3 is 2.50 bits per heavy atom. The molecule has 0 aliphatic rings. The molecule has 0 amide bonds. The van der Waals surface area contributed by atoms with Gasteiger partial charge < -0.3 is 4.74 Å². The molecule has 20 heavy (non-hydrogen) atoms. The predicted molar refractivity (Wildman–Crippen MR) is 66.0 cm³/mol. The average Bonchev–Trinajstić information content (AvgIpc) is 2.45. The van der Waals surface area contributed by atoms with E-state index in [-0.39, 0.29) is 11.1 Å². The van der Waals surface area contributed by atoms with Gasteiger partial charge in [0.25, 0.3) is 0 Å². The van der Waals surface area contributed by atoms with Crippen LogP contribution >= 0.6 is 0 Å². The highest BCUT2D eigenvalue weighted by atomic mass is 19.4. The predicted octanol–water partition coefficient (Wildman–Crippen LogP) is 3.55. The number of pyridine rings is 1. The Bertz CT molecular complexity index is 624. The maximum atomic E-state index is 13.3. The molecule has 0 atom stereocenters. The molecule has 0 aliphatic carbocycles. The van der Waals surface area contributed by atoms with Crippen LogP contribution < -0.4 is 0 Å². The van der Waals surface area contributed by atoms with Gasteiger partial charge in [-0.3, -0.25) is 4.98 Å². The number of hydrogen-bond acceptors (Lipinski definition) is 3. The highest BCUT2D eigenvalue weighted by Crippen LogP contribution is 2.39. The van der Waals surface area contributed by atoms with Crippen molar-refractivity contribution in [2.24, 2.45) is 0 Å². The highest BCUT2D eigenvalue weighted by molar-refractivity contribution is 5.93. The van der Waals surface area contributed by atoms with Crippen molar-refractivity contribution in [3.63, 3.8) is 0 Å². The molecule has 0 saturated heterocycles. The molecular weight excluding hydrogens is 271 g/mol. The van der Waals surface area contributed by atoms with Crippen LogP contribution in [0.4, 0.5) is 13.2 Å². The number of hydrogen-bond donors (Lipinski definition) is 0. The van der Waals surface area contributed by atoms with Crippen molar-refractivity contribution in [3.05, 3.63) is 53.9 Å². The number of alkyl halides is 3. The Labute approximate surface area is 113 Å². The zero-order valence-electron chi connectivity index (χ0n) is 10.4. The van der Waals surface area contributed by atoms with Crippen LogP contribution in [0, 0.1) is 0 Å². The molecule has 0 unspecified atom stereocenters. The minimum atomic E-state index is -4.67. The molecule has 0 fully saturated rings. The zero-order chi connectivity index (χ0) is 14.8. The van der Waals surface area contributed by atoms with Crippen LogP contribution in [-0.2, 0) is 10.9 Å². The first-order chi connectivity index (χ1) is 9.45. The van der Waals surface area contributed by atoms with E-state index in [9.17, 15) is 18.0 Å². The Balaban J connectivity index is 2.73. The number of carbonyl (C=O) groups excluding carboxylic acids is 1. The lowest BCUT2D eigenvalue weighted by atomic mass is 9.96. The Morgan fingerprint density at radius 2 is 1.95 bits per heavy atom. The van der Waals surface area contributed by atoms with Crippen LogP contribution in [0.5, 0.6) is 0 Å². The van der Waals surface area contributed by atoms with Gasteiger partial charge in [-0.15, -0.1) is 0 Å². The summed E-state index contributed by atoms with van der Waals surface area (Å²) in [5.74, 6) is -1.02. The molecule has 3 nitrogen and oxygen atoms in total. The van der Waals surface area contributed by atoms with E-state index in [1.165, 1.54) is 36.7 Å². The molecule has 104 valence electrons. The summed E-state index contributed by atoms with van der Waals surface area (Å²) in [5.41, 5.74) is -1.35. The first-order valence-corrected chi connectivity index (χ1v) is 5.64. The Morgan fingerprint density at radius 1 is 1.20 bits per heavy atom. The largest absolute Gasteiger partial charge is 0.465 e. The average molecular weight is 281 g/mol. The zero-order valence-corrected chi connectivity index (χ0v) is 10.4. The van der Waals surface area contributed by atoms with Gasteiger partial charge in [-0.25, -0.2) is 4.79 Å². The van der Waals surface area contributed by atoms with Gasteiger partial charge in [-0.1, -0.05) is 18.2 Å². The number of rotatable bonds is 2. The third-order valence-electron chi connectivity index (χ3n) is 2.73. The van der Waals surface area contributed by atoms with Crippen molar-refractivity contribution in [1.29, 1.82) is 0 Å². The van der Waals surface area contributed by atoms with Crippen LogP contribution in [0.1, 0.15) is 15.9 Å². The van der Waals surface area contributed by atoms with Crippen LogP contribution in [0.3, 0.4) is 0 Å². The van der Waals surface area contributed by atoms with E-state index < -0.39 is 23.3 Å². The van der Waals surface area contributed by atoms with E-state index in [1.807, 2.05) is 0 Å². The fraction of sp³-hybridized carbons (Fsp3) is 0.143. The molecule has 1 aromatic heterocycles. The fourth-order valence-electron chi connectivity index (χ4n) is 1.90. The van der Waals surface area contributed by atoms with Crippen LogP contribution in [-0.4, -0.2) is 18.1 Å². The molecule has 6 heteroatoms. The number of esters is 1. The standard InChI is InChI=1S/C14H10F3NO2/c1-20-13(19)11-6-2-5-10(12(11)14(15,16)17)9-4-3-7-18-8-9/h2-8H,1H3. The van der Waals surface area contributed by atoms with Crippen molar-refractivity contribution in [2.45, 2.75) is 6.18 Å². The lowest BCUT2D eigenvalue weighted by Gasteiger charge is -2.16.